The lowest BCUT2D eigenvalue weighted by molar-refractivity contribution is -0.401. The fraction of sp³-hybridized carbons (Fsp3) is 0.258. The van der Waals surface area contributed by atoms with Crippen LogP contribution in [-0.2, 0) is 11.2 Å². The van der Waals surface area contributed by atoms with Crippen molar-refractivity contribution in [2.24, 2.45) is 10.2 Å². The van der Waals surface area contributed by atoms with Crippen LogP contribution in [0.25, 0.3) is 17.3 Å². The standard InChI is InChI=1S/C31H32N4O5/c1-37-26-10-9-21(23-17-33-35-29(23)22-15-27(38-2)30(40-4)28(16-22)39-3)14-25(26)34-31(36)24(32)13-18-11-19-7-5-6-8-20(19)12-18/h5-11,14-16,24H,12-13,17,32H2,1-4H3,(H,34,36)/p+1. The van der Waals surface area contributed by atoms with Gasteiger partial charge >= 0.3 is 0 Å². The molecule has 9 nitrogen and oxygen atoms in total. The maximum absolute atomic E-state index is 13.2. The number of rotatable bonds is 10. The fourth-order valence-electron chi connectivity index (χ4n) is 5.11. The van der Waals surface area contributed by atoms with Crippen LogP contribution in [0.3, 0.4) is 0 Å². The molecule has 40 heavy (non-hydrogen) atoms. The molecular formula is C31H33N4O5+. The van der Waals surface area contributed by atoms with Crippen LogP contribution in [0.5, 0.6) is 23.0 Å². The van der Waals surface area contributed by atoms with Crippen molar-refractivity contribution in [3.63, 3.8) is 0 Å². The summed E-state index contributed by atoms with van der Waals surface area (Å²) in [5.74, 6) is 1.93. The highest BCUT2D eigenvalue weighted by molar-refractivity contribution is 5.98. The van der Waals surface area contributed by atoms with E-state index in [-0.39, 0.29) is 5.91 Å². The molecule has 0 fully saturated rings. The number of carbonyl (C=O) groups is 1. The van der Waals surface area contributed by atoms with E-state index in [0.717, 1.165) is 23.1 Å². The highest BCUT2D eigenvalue weighted by Crippen LogP contribution is 2.43. The van der Waals surface area contributed by atoms with Gasteiger partial charge in [-0.05, 0) is 47.4 Å². The predicted octanol–water partition coefficient (Wildman–Crippen LogP) is 4.63. The molecular weight excluding hydrogens is 508 g/mol. The Morgan fingerprint density at radius 3 is 2.33 bits per heavy atom. The Hall–Kier alpha value is -4.63. The zero-order valence-electron chi connectivity index (χ0n) is 23.1. The quantitative estimate of drug-likeness (QED) is 0.388. The summed E-state index contributed by atoms with van der Waals surface area (Å²) in [6.45, 7) is 0.387. The van der Waals surface area contributed by atoms with Gasteiger partial charge in [0.05, 0.1) is 46.4 Å². The summed E-state index contributed by atoms with van der Waals surface area (Å²) in [5, 5.41) is 11.7. The summed E-state index contributed by atoms with van der Waals surface area (Å²) < 4.78 is 22.1. The molecule has 0 bridgehead atoms. The highest BCUT2D eigenvalue weighted by atomic mass is 16.5. The number of quaternary nitrogens is 1. The summed E-state index contributed by atoms with van der Waals surface area (Å²) in [5.41, 5.74) is 11.6. The molecule has 3 aromatic rings. The van der Waals surface area contributed by atoms with E-state index in [1.54, 1.807) is 28.4 Å². The molecule has 3 aromatic carbocycles. The minimum atomic E-state index is -0.459. The summed E-state index contributed by atoms with van der Waals surface area (Å²) in [7, 11) is 6.28. The Bertz CT molecular complexity index is 1520. The maximum Gasteiger partial charge on any atom is 0.282 e. The van der Waals surface area contributed by atoms with E-state index < -0.39 is 6.04 Å². The number of methoxy groups -OCH3 is 4. The van der Waals surface area contributed by atoms with Crippen LogP contribution in [-0.4, -0.2) is 46.9 Å². The molecule has 1 aliphatic carbocycles. The molecule has 0 radical (unpaired) electrons. The number of nitrogens with zero attached hydrogens (tertiary/aromatic N) is 2. The van der Waals surface area contributed by atoms with Crippen LogP contribution in [0.1, 0.15) is 28.7 Å². The van der Waals surface area contributed by atoms with E-state index in [1.807, 2.05) is 42.5 Å². The van der Waals surface area contributed by atoms with Crippen molar-refractivity contribution in [2.75, 3.05) is 40.3 Å². The van der Waals surface area contributed by atoms with E-state index in [0.29, 0.717) is 47.3 Å². The summed E-state index contributed by atoms with van der Waals surface area (Å²) in [6, 6.07) is 17.2. The molecule has 2 aliphatic rings. The lowest BCUT2D eigenvalue weighted by atomic mass is 9.99. The van der Waals surface area contributed by atoms with Crippen molar-refractivity contribution >= 4 is 28.9 Å². The van der Waals surface area contributed by atoms with Crippen LogP contribution in [0.4, 0.5) is 5.69 Å². The van der Waals surface area contributed by atoms with E-state index in [2.05, 4.69) is 39.5 Å². The molecule has 0 spiro atoms. The van der Waals surface area contributed by atoms with Gasteiger partial charge in [0, 0.05) is 17.6 Å². The van der Waals surface area contributed by atoms with Gasteiger partial charge in [0.2, 0.25) is 5.75 Å². The van der Waals surface area contributed by atoms with E-state index in [9.17, 15) is 4.79 Å². The van der Waals surface area contributed by atoms with Crippen molar-refractivity contribution in [3.05, 3.63) is 82.4 Å². The Labute approximate surface area is 233 Å². The van der Waals surface area contributed by atoms with Crippen LogP contribution in [0.2, 0.25) is 0 Å². The van der Waals surface area contributed by atoms with Crippen LogP contribution < -0.4 is 30.0 Å². The van der Waals surface area contributed by atoms with Gasteiger partial charge in [-0.15, -0.1) is 0 Å². The Balaban J connectivity index is 1.40. The second-order valence-electron chi connectivity index (χ2n) is 9.62. The van der Waals surface area contributed by atoms with Crippen LogP contribution in [0.15, 0.2) is 70.4 Å². The number of nitrogens with one attached hydrogen (secondary N) is 1. The number of amides is 1. The lowest BCUT2D eigenvalue weighted by Gasteiger charge is -2.16. The molecule has 4 N–H and O–H groups in total. The number of hydrogen-bond donors (Lipinski definition) is 2. The first kappa shape index (κ1) is 27.0. The van der Waals surface area contributed by atoms with Gasteiger partial charge in [-0.1, -0.05) is 42.0 Å². The van der Waals surface area contributed by atoms with Crippen LogP contribution >= 0.6 is 0 Å². The zero-order chi connectivity index (χ0) is 28.2. The predicted molar refractivity (Wildman–Crippen MR) is 154 cm³/mol. The van der Waals surface area contributed by atoms with Gasteiger partial charge in [0.25, 0.3) is 5.91 Å². The largest absolute Gasteiger partial charge is 0.495 e. The van der Waals surface area contributed by atoms with Gasteiger partial charge in [0.1, 0.15) is 5.75 Å². The average molecular weight is 542 g/mol. The second-order valence-corrected chi connectivity index (χ2v) is 9.62. The minimum absolute atomic E-state index is 0.174. The molecule has 1 atom stereocenters. The minimum Gasteiger partial charge on any atom is -0.495 e. The smallest absolute Gasteiger partial charge is 0.282 e. The van der Waals surface area contributed by atoms with Gasteiger partial charge in [-0.2, -0.15) is 10.2 Å². The number of carbonyl (C=O) groups excluding carboxylic acids is 1. The topological polar surface area (TPSA) is 118 Å². The number of ether oxygens (including phenoxy) is 4. The van der Waals surface area contributed by atoms with Crippen molar-refractivity contribution in [1.82, 2.24) is 0 Å². The Morgan fingerprint density at radius 2 is 1.65 bits per heavy atom. The normalized spacial score (nSPS) is 14.5. The lowest BCUT2D eigenvalue weighted by Crippen LogP contribution is -2.66. The molecule has 5 rings (SSSR count). The molecule has 1 aliphatic heterocycles. The number of fused-ring (bicyclic) bond motifs is 1. The number of benzene rings is 3. The first-order chi connectivity index (χ1) is 19.4. The van der Waals surface area contributed by atoms with E-state index in [4.69, 9.17) is 18.9 Å². The van der Waals surface area contributed by atoms with Gasteiger partial charge < -0.3 is 30.0 Å². The van der Waals surface area contributed by atoms with E-state index >= 15 is 0 Å². The van der Waals surface area contributed by atoms with Gasteiger partial charge in [-0.3, -0.25) is 4.79 Å². The maximum atomic E-state index is 13.2. The number of hydrogen-bond acceptors (Lipinski definition) is 7. The summed E-state index contributed by atoms with van der Waals surface area (Å²) >= 11 is 0. The molecule has 0 aromatic heterocycles. The average Bonchev–Trinajstić information content (AvgIpc) is 3.63. The molecule has 1 amide bonds. The Morgan fingerprint density at radius 1 is 0.925 bits per heavy atom. The fourth-order valence-corrected chi connectivity index (χ4v) is 5.11. The molecule has 9 heteroatoms. The third-order valence-electron chi connectivity index (χ3n) is 7.14. The Kier molecular flexibility index (Phi) is 7.84. The second kappa shape index (κ2) is 11.6. The highest BCUT2D eigenvalue weighted by Gasteiger charge is 2.25. The molecule has 0 saturated heterocycles. The van der Waals surface area contributed by atoms with Crippen molar-refractivity contribution in [3.8, 4) is 23.0 Å². The van der Waals surface area contributed by atoms with Gasteiger partial charge in [-0.25, -0.2) is 0 Å². The molecule has 0 saturated carbocycles. The number of azo groups is 1. The summed E-state index contributed by atoms with van der Waals surface area (Å²) in [6.07, 6.45) is 3.59. The third-order valence-corrected chi connectivity index (χ3v) is 7.14. The molecule has 1 heterocycles. The van der Waals surface area contributed by atoms with Crippen molar-refractivity contribution < 1.29 is 29.5 Å². The first-order valence-electron chi connectivity index (χ1n) is 13.0. The SMILES string of the molecule is COc1ccc(C2=C(c3cc(OC)c(OC)c(OC)c3)N=NC2)cc1NC(=O)C([NH3+])CC1=Cc2ccccc2C1. The monoisotopic (exact) mass is 541 g/mol. The first-order valence-corrected chi connectivity index (χ1v) is 13.0. The van der Waals surface area contributed by atoms with Crippen LogP contribution in [0, 0.1) is 0 Å². The van der Waals surface area contributed by atoms with Gasteiger partial charge in [0.15, 0.2) is 17.5 Å². The molecule has 1 unspecified atom stereocenters. The number of anilines is 1. The zero-order valence-corrected chi connectivity index (χ0v) is 23.1. The summed E-state index contributed by atoms with van der Waals surface area (Å²) in [4.78, 5) is 13.2. The van der Waals surface area contributed by atoms with E-state index in [1.165, 1.54) is 16.7 Å². The molecule has 206 valence electrons. The van der Waals surface area contributed by atoms with Crippen molar-refractivity contribution in [1.29, 1.82) is 0 Å². The third kappa shape index (κ3) is 5.28. The van der Waals surface area contributed by atoms with Crippen molar-refractivity contribution in [2.45, 2.75) is 18.9 Å².